The van der Waals surface area contributed by atoms with Crippen molar-refractivity contribution in [2.45, 2.75) is 18.7 Å². The second kappa shape index (κ2) is 3.43. The maximum atomic E-state index is 10.9. The molecule has 1 aromatic rings. The van der Waals surface area contributed by atoms with E-state index in [0.29, 0.717) is 11.6 Å². The average Bonchev–Trinajstić information content (AvgIpc) is 2.31. The number of H-pyrrole nitrogens is 1. The van der Waals surface area contributed by atoms with Crippen molar-refractivity contribution in [3.63, 3.8) is 0 Å². The lowest BCUT2D eigenvalue weighted by atomic mass is 10.3. The predicted octanol–water partition coefficient (Wildman–Crippen LogP) is -0.631. The van der Waals surface area contributed by atoms with Gasteiger partial charge in [0.1, 0.15) is 11.6 Å². The van der Waals surface area contributed by atoms with Gasteiger partial charge in [-0.15, -0.1) is 0 Å². The number of sulfone groups is 1. The Morgan fingerprint density at radius 2 is 2.23 bits per heavy atom. The second-order valence-electron chi connectivity index (χ2n) is 3.00. The predicted molar refractivity (Wildman–Crippen MR) is 47.5 cm³/mol. The smallest absolute Gasteiger partial charge is 0.167 e. The molecule has 1 aromatic heterocycles. The molecular formula is C6H12N4O2S. The lowest BCUT2D eigenvalue weighted by molar-refractivity contribution is 0.599. The van der Waals surface area contributed by atoms with Gasteiger partial charge in [-0.2, -0.15) is 5.10 Å². The highest BCUT2D eigenvalue weighted by Crippen LogP contribution is 2.04. The molecule has 0 bridgehead atoms. The molecule has 0 saturated carbocycles. The minimum atomic E-state index is -3.06. The van der Waals surface area contributed by atoms with Crippen LogP contribution in [0.2, 0.25) is 0 Å². The third-order valence-electron chi connectivity index (χ3n) is 1.36. The van der Waals surface area contributed by atoms with Crippen molar-refractivity contribution < 1.29 is 8.42 Å². The molecule has 3 N–H and O–H groups in total. The zero-order valence-corrected chi connectivity index (χ0v) is 8.30. The summed E-state index contributed by atoms with van der Waals surface area (Å²) in [6, 6.07) is -0.287. The first-order chi connectivity index (χ1) is 5.88. The Kier molecular flexibility index (Phi) is 2.67. The topological polar surface area (TPSA) is 102 Å². The molecule has 1 unspecified atom stereocenters. The fourth-order valence-corrected chi connectivity index (χ4v) is 1.45. The standard InChI is InChI=1S/C6H12N4O2S/c1-4(7)6-8-5(9-10-6)3-13(2,11)12/h4H,3,7H2,1-2H3,(H,8,9,10). The molecular weight excluding hydrogens is 192 g/mol. The van der Waals surface area contributed by atoms with Gasteiger partial charge in [0, 0.05) is 6.26 Å². The van der Waals surface area contributed by atoms with Crippen molar-refractivity contribution >= 4 is 9.84 Å². The number of nitrogens with one attached hydrogen (secondary N) is 1. The number of hydrogen-bond donors (Lipinski definition) is 2. The molecule has 74 valence electrons. The number of nitrogens with zero attached hydrogens (tertiary/aromatic N) is 2. The molecule has 0 spiro atoms. The van der Waals surface area contributed by atoms with Gasteiger partial charge in [0.05, 0.1) is 6.04 Å². The second-order valence-corrected chi connectivity index (χ2v) is 5.14. The molecule has 0 saturated heterocycles. The molecule has 0 aliphatic heterocycles. The van der Waals surface area contributed by atoms with Crippen molar-refractivity contribution in [3.05, 3.63) is 11.6 Å². The van der Waals surface area contributed by atoms with Crippen LogP contribution >= 0.6 is 0 Å². The van der Waals surface area contributed by atoms with E-state index in [4.69, 9.17) is 5.73 Å². The quantitative estimate of drug-likeness (QED) is 0.682. The van der Waals surface area contributed by atoms with E-state index in [1.165, 1.54) is 0 Å². The van der Waals surface area contributed by atoms with E-state index in [1.807, 2.05) is 0 Å². The highest BCUT2D eigenvalue weighted by atomic mass is 32.2. The minimum absolute atomic E-state index is 0.132. The first-order valence-electron chi connectivity index (χ1n) is 3.73. The van der Waals surface area contributed by atoms with E-state index in [1.54, 1.807) is 6.92 Å². The number of hydrogen-bond acceptors (Lipinski definition) is 5. The van der Waals surface area contributed by atoms with Crippen LogP contribution in [0.15, 0.2) is 0 Å². The number of aromatic nitrogens is 3. The average molecular weight is 204 g/mol. The highest BCUT2D eigenvalue weighted by Gasteiger charge is 2.11. The summed E-state index contributed by atoms with van der Waals surface area (Å²) in [5.41, 5.74) is 5.50. The van der Waals surface area contributed by atoms with Gasteiger partial charge in [-0.25, -0.2) is 13.4 Å². The van der Waals surface area contributed by atoms with Crippen molar-refractivity contribution in [2.24, 2.45) is 5.73 Å². The normalized spacial score (nSPS) is 14.4. The SMILES string of the molecule is CC(N)c1n[nH]c(CS(C)(=O)=O)n1. The molecule has 0 amide bonds. The molecule has 0 aliphatic rings. The van der Waals surface area contributed by atoms with E-state index >= 15 is 0 Å². The molecule has 0 radical (unpaired) electrons. The third-order valence-corrected chi connectivity index (χ3v) is 2.15. The van der Waals surface area contributed by atoms with Gasteiger partial charge < -0.3 is 5.73 Å². The Labute approximate surface area is 76.5 Å². The zero-order chi connectivity index (χ0) is 10.1. The molecule has 6 nitrogen and oxygen atoms in total. The van der Waals surface area contributed by atoms with Gasteiger partial charge in [-0.1, -0.05) is 0 Å². The minimum Gasteiger partial charge on any atom is -0.321 e. The Hall–Kier alpha value is -0.950. The largest absolute Gasteiger partial charge is 0.321 e. The van der Waals surface area contributed by atoms with Crippen LogP contribution in [0.4, 0.5) is 0 Å². The Morgan fingerprint density at radius 1 is 1.62 bits per heavy atom. The van der Waals surface area contributed by atoms with Crippen LogP contribution in [-0.2, 0) is 15.6 Å². The lowest BCUT2D eigenvalue weighted by Gasteiger charge is -1.94. The number of aromatic amines is 1. The van der Waals surface area contributed by atoms with Gasteiger partial charge >= 0.3 is 0 Å². The van der Waals surface area contributed by atoms with E-state index < -0.39 is 9.84 Å². The molecule has 1 rings (SSSR count). The maximum Gasteiger partial charge on any atom is 0.167 e. The molecule has 1 heterocycles. The summed E-state index contributed by atoms with van der Waals surface area (Å²) in [5, 5.41) is 6.30. The van der Waals surface area contributed by atoms with Gasteiger partial charge in [-0.05, 0) is 6.92 Å². The van der Waals surface area contributed by atoms with Crippen molar-refractivity contribution in [2.75, 3.05) is 6.26 Å². The molecule has 1 atom stereocenters. The molecule has 13 heavy (non-hydrogen) atoms. The van der Waals surface area contributed by atoms with Gasteiger partial charge in [-0.3, -0.25) is 5.10 Å². The summed E-state index contributed by atoms with van der Waals surface area (Å²) in [5.74, 6) is 0.626. The molecule has 0 fully saturated rings. The number of rotatable bonds is 3. The van der Waals surface area contributed by atoms with Crippen LogP contribution in [0.1, 0.15) is 24.6 Å². The van der Waals surface area contributed by atoms with Crippen LogP contribution in [0.5, 0.6) is 0 Å². The van der Waals surface area contributed by atoms with Crippen LogP contribution < -0.4 is 5.73 Å². The van der Waals surface area contributed by atoms with Gasteiger partial charge in [0.15, 0.2) is 15.7 Å². The summed E-state index contributed by atoms with van der Waals surface area (Å²) in [6.07, 6.45) is 1.14. The van der Waals surface area contributed by atoms with Crippen LogP contribution in [0.3, 0.4) is 0 Å². The fraction of sp³-hybridized carbons (Fsp3) is 0.667. The first-order valence-corrected chi connectivity index (χ1v) is 5.79. The maximum absolute atomic E-state index is 10.9. The monoisotopic (exact) mass is 204 g/mol. The van der Waals surface area contributed by atoms with Gasteiger partial charge in [0.25, 0.3) is 0 Å². The summed E-state index contributed by atoms with van der Waals surface area (Å²) in [6.45, 7) is 1.73. The Bertz CT molecular complexity index is 381. The summed E-state index contributed by atoms with van der Waals surface area (Å²) in [7, 11) is -3.06. The van der Waals surface area contributed by atoms with Crippen LogP contribution in [-0.4, -0.2) is 29.9 Å². The van der Waals surface area contributed by atoms with Crippen LogP contribution in [0.25, 0.3) is 0 Å². The molecule has 0 aromatic carbocycles. The number of nitrogens with two attached hydrogens (primary N) is 1. The summed E-state index contributed by atoms with van der Waals surface area (Å²) in [4.78, 5) is 3.92. The van der Waals surface area contributed by atoms with E-state index in [2.05, 4.69) is 15.2 Å². The lowest BCUT2D eigenvalue weighted by Crippen LogP contribution is -2.07. The first kappa shape index (κ1) is 10.1. The van der Waals surface area contributed by atoms with E-state index in [9.17, 15) is 8.42 Å². The summed E-state index contributed by atoms with van der Waals surface area (Å²) < 4.78 is 21.7. The van der Waals surface area contributed by atoms with E-state index in [-0.39, 0.29) is 11.8 Å². The van der Waals surface area contributed by atoms with Gasteiger partial charge in [0.2, 0.25) is 0 Å². The fourth-order valence-electron chi connectivity index (χ4n) is 0.827. The Balaban J connectivity index is 2.81. The highest BCUT2D eigenvalue weighted by molar-refractivity contribution is 7.89. The Morgan fingerprint density at radius 3 is 2.62 bits per heavy atom. The van der Waals surface area contributed by atoms with E-state index in [0.717, 1.165) is 6.26 Å². The van der Waals surface area contributed by atoms with Crippen molar-refractivity contribution in [3.8, 4) is 0 Å². The van der Waals surface area contributed by atoms with Crippen LogP contribution in [0, 0.1) is 0 Å². The molecule has 7 heteroatoms. The van der Waals surface area contributed by atoms with Crippen molar-refractivity contribution in [1.82, 2.24) is 15.2 Å². The summed E-state index contributed by atoms with van der Waals surface area (Å²) >= 11 is 0. The zero-order valence-electron chi connectivity index (χ0n) is 7.48. The van der Waals surface area contributed by atoms with Crippen molar-refractivity contribution in [1.29, 1.82) is 0 Å². The molecule has 0 aliphatic carbocycles. The third kappa shape index (κ3) is 3.11.